The lowest BCUT2D eigenvalue weighted by molar-refractivity contribution is 0.668. The molecule has 0 saturated carbocycles. The van der Waals surface area contributed by atoms with Crippen LogP contribution in [0.4, 0.5) is 34.1 Å². The average molecular weight is 805 g/mol. The molecule has 12 rings (SSSR count). The van der Waals surface area contributed by atoms with Gasteiger partial charge in [-0.25, -0.2) is 0 Å². The Hall–Kier alpha value is -7.47. The van der Waals surface area contributed by atoms with Gasteiger partial charge in [-0.1, -0.05) is 133 Å². The first kappa shape index (κ1) is 35.5. The molecule has 2 aromatic heterocycles. The number of nitrogens with zero attached hydrogens (tertiary/aromatic N) is 2. The Morgan fingerprint density at radius 1 is 0.328 bits per heavy atom. The predicted octanol–water partition coefficient (Wildman–Crippen LogP) is 16.6. The zero-order chi connectivity index (χ0) is 40.7. The van der Waals surface area contributed by atoms with Crippen molar-refractivity contribution in [2.24, 2.45) is 0 Å². The maximum absolute atomic E-state index is 6.68. The minimum atomic E-state index is -1.67. The van der Waals surface area contributed by atoms with E-state index in [1.165, 1.54) is 32.0 Å². The average Bonchev–Trinajstić information content (AvgIpc) is 3.88. The number of fused-ring (bicyclic) bond motifs is 11. The zero-order valence-corrected chi connectivity index (χ0v) is 34.6. The third-order valence-electron chi connectivity index (χ3n) is 12.3. The van der Waals surface area contributed by atoms with Gasteiger partial charge in [0.05, 0.1) is 11.4 Å². The molecule has 11 aromatic rings. The van der Waals surface area contributed by atoms with Gasteiger partial charge < -0.3 is 18.6 Å². The molecule has 4 nitrogen and oxygen atoms in total. The van der Waals surface area contributed by atoms with Crippen molar-refractivity contribution >= 4 is 88.0 Å². The summed E-state index contributed by atoms with van der Waals surface area (Å²) >= 11 is 0. The van der Waals surface area contributed by atoms with Crippen LogP contribution in [0.2, 0.25) is 0 Å². The molecule has 0 unspecified atom stereocenters. The Kier molecular flexibility index (Phi) is 8.03. The SMILES string of the molecule is CS1(C)c2cc(N(c3ccccc3)c3cccc4c3oc3ccccc34)ccc2-c2ccccc2-c2ccc(N(c3ccccc3)c3cccc4c3oc3ccccc34)cc21. The fourth-order valence-electron chi connectivity index (χ4n) is 9.49. The fraction of sp³-hybridized carbons (Fsp3) is 0.0357. The van der Waals surface area contributed by atoms with Crippen LogP contribution in [0.5, 0.6) is 0 Å². The quantitative estimate of drug-likeness (QED) is 0.168. The number of hydrogen-bond donors (Lipinski definition) is 0. The number of benzene rings is 9. The Labute approximate surface area is 355 Å². The van der Waals surface area contributed by atoms with E-state index in [-0.39, 0.29) is 0 Å². The minimum absolute atomic E-state index is 0.870. The van der Waals surface area contributed by atoms with Crippen molar-refractivity contribution in [3.05, 3.63) is 206 Å². The molecule has 0 fully saturated rings. The normalized spacial score (nSPS) is 13.4. The van der Waals surface area contributed by atoms with Crippen LogP contribution < -0.4 is 9.80 Å². The van der Waals surface area contributed by atoms with Gasteiger partial charge in [0.2, 0.25) is 0 Å². The molecule has 292 valence electrons. The number of anilines is 6. The molecule has 0 spiro atoms. The lowest BCUT2D eigenvalue weighted by atomic mass is 9.94. The van der Waals surface area contributed by atoms with Crippen LogP contribution in [0.1, 0.15) is 0 Å². The zero-order valence-electron chi connectivity index (χ0n) is 33.7. The highest BCUT2D eigenvalue weighted by Gasteiger charge is 2.32. The van der Waals surface area contributed by atoms with E-state index in [1.54, 1.807) is 0 Å². The van der Waals surface area contributed by atoms with E-state index in [1.807, 2.05) is 12.1 Å². The summed E-state index contributed by atoms with van der Waals surface area (Å²) < 4.78 is 13.4. The summed E-state index contributed by atoms with van der Waals surface area (Å²) in [5.74, 6) is 0. The topological polar surface area (TPSA) is 32.8 Å². The van der Waals surface area contributed by atoms with Crippen molar-refractivity contribution in [3.8, 4) is 22.3 Å². The van der Waals surface area contributed by atoms with E-state index in [0.29, 0.717) is 0 Å². The lowest BCUT2D eigenvalue weighted by Crippen LogP contribution is -2.12. The van der Waals surface area contributed by atoms with Crippen LogP contribution in [0.15, 0.2) is 225 Å². The van der Waals surface area contributed by atoms with Gasteiger partial charge in [-0.15, -0.1) is 0 Å². The summed E-state index contributed by atoms with van der Waals surface area (Å²) in [6.45, 7) is 0. The maximum atomic E-state index is 6.68. The van der Waals surface area contributed by atoms with Crippen LogP contribution >= 0.6 is 10.0 Å². The summed E-state index contributed by atoms with van der Waals surface area (Å²) in [7, 11) is -1.67. The molecule has 0 radical (unpaired) electrons. The Bertz CT molecular complexity index is 3250. The lowest BCUT2D eigenvalue weighted by Gasteiger charge is -2.36. The first-order chi connectivity index (χ1) is 30.0. The van der Waals surface area contributed by atoms with Crippen LogP contribution in [0, 0.1) is 0 Å². The smallest absolute Gasteiger partial charge is 0.159 e. The minimum Gasteiger partial charge on any atom is -0.454 e. The van der Waals surface area contributed by atoms with Crippen molar-refractivity contribution < 1.29 is 8.83 Å². The van der Waals surface area contributed by atoms with Gasteiger partial charge in [0, 0.05) is 54.1 Å². The predicted molar refractivity (Wildman–Crippen MR) is 257 cm³/mol. The van der Waals surface area contributed by atoms with Gasteiger partial charge in [0.1, 0.15) is 11.2 Å². The number of rotatable bonds is 6. The maximum Gasteiger partial charge on any atom is 0.159 e. The van der Waals surface area contributed by atoms with E-state index in [9.17, 15) is 0 Å². The molecule has 0 saturated heterocycles. The van der Waals surface area contributed by atoms with Gasteiger partial charge >= 0.3 is 0 Å². The van der Waals surface area contributed by atoms with Crippen LogP contribution in [0.25, 0.3) is 66.1 Å². The third-order valence-corrected chi connectivity index (χ3v) is 15.2. The molecular formula is C56H40N2O2S. The fourth-order valence-corrected chi connectivity index (χ4v) is 12.0. The summed E-state index contributed by atoms with van der Waals surface area (Å²) in [4.78, 5) is 7.38. The van der Waals surface area contributed by atoms with Crippen molar-refractivity contribution in [3.63, 3.8) is 0 Å². The first-order valence-electron chi connectivity index (χ1n) is 20.7. The molecule has 9 aromatic carbocycles. The molecule has 3 heterocycles. The second kappa shape index (κ2) is 13.8. The standard InChI is InChI=1S/C56H40N2O2S/c1-61(2)53-35-39(57(37-17-5-3-6-18-37)49-27-15-25-47-43-23-11-13-29-51(43)59-55(47)49)31-33-45(53)41-21-9-10-22-42(41)46-34-32-40(36-54(46)61)58(38-19-7-4-8-20-38)50-28-16-26-48-44-24-12-14-30-52(44)60-56(48)50/h3-36H,1-2H3. The summed E-state index contributed by atoms with van der Waals surface area (Å²) in [5, 5.41) is 4.44. The third kappa shape index (κ3) is 5.54. The van der Waals surface area contributed by atoms with Gasteiger partial charge in [-0.3, -0.25) is 0 Å². The van der Waals surface area contributed by atoms with Crippen LogP contribution in [-0.2, 0) is 0 Å². The number of para-hydroxylation sites is 6. The van der Waals surface area contributed by atoms with Crippen LogP contribution in [0.3, 0.4) is 0 Å². The molecule has 0 amide bonds. The largest absolute Gasteiger partial charge is 0.454 e. The molecule has 0 atom stereocenters. The molecule has 1 aliphatic rings. The molecule has 5 heteroatoms. The highest BCUT2D eigenvalue weighted by atomic mass is 32.3. The molecule has 61 heavy (non-hydrogen) atoms. The summed E-state index contributed by atoms with van der Waals surface area (Å²) in [5.41, 5.74) is 14.8. The summed E-state index contributed by atoms with van der Waals surface area (Å²) in [6.07, 6.45) is 4.92. The molecule has 0 bridgehead atoms. The van der Waals surface area contributed by atoms with Crippen molar-refractivity contribution in [1.82, 2.24) is 0 Å². The number of furan rings is 2. The monoisotopic (exact) mass is 804 g/mol. The van der Waals surface area contributed by atoms with Gasteiger partial charge in [0.15, 0.2) is 11.2 Å². The van der Waals surface area contributed by atoms with Crippen molar-refractivity contribution in [2.45, 2.75) is 9.79 Å². The Morgan fingerprint density at radius 2 is 0.721 bits per heavy atom. The van der Waals surface area contributed by atoms with Gasteiger partial charge in [-0.05, 0) is 108 Å². The Balaban J connectivity index is 1.08. The van der Waals surface area contributed by atoms with Gasteiger partial charge in [0.25, 0.3) is 0 Å². The molecule has 1 aliphatic heterocycles. The van der Waals surface area contributed by atoms with Crippen molar-refractivity contribution in [1.29, 1.82) is 0 Å². The first-order valence-corrected chi connectivity index (χ1v) is 23.1. The molecule has 0 N–H and O–H groups in total. The number of hydrogen-bond acceptors (Lipinski definition) is 4. The van der Waals surface area contributed by atoms with E-state index < -0.39 is 10.0 Å². The van der Waals surface area contributed by atoms with E-state index in [4.69, 9.17) is 8.83 Å². The van der Waals surface area contributed by atoms with E-state index in [2.05, 4.69) is 216 Å². The van der Waals surface area contributed by atoms with Crippen LogP contribution in [-0.4, -0.2) is 12.5 Å². The second-order valence-electron chi connectivity index (χ2n) is 16.1. The molecular weight excluding hydrogens is 765 g/mol. The Morgan fingerprint density at radius 3 is 1.18 bits per heavy atom. The van der Waals surface area contributed by atoms with E-state index in [0.717, 1.165) is 78.0 Å². The van der Waals surface area contributed by atoms with Crippen molar-refractivity contribution in [2.75, 3.05) is 22.3 Å². The second-order valence-corrected chi connectivity index (χ2v) is 19.6. The highest BCUT2D eigenvalue weighted by Crippen LogP contribution is 2.66. The van der Waals surface area contributed by atoms with Gasteiger partial charge in [-0.2, -0.15) is 10.0 Å². The van der Waals surface area contributed by atoms with E-state index >= 15 is 0 Å². The highest BCUT2D eigenvalue weighted by molar-refractivity contribution is 8.33. The molecule has 0 aliphatic carbocycles. The summed E-state index contributed by atoms with van der Waals surface area (Å²) in [6, 6.07) is 74.0.